The molecule has 236 valence electrons. The highest BCUT2D eigenvalue weighted by Crippen LogP contribution is 2.33. The summed E-state index contributed by atoms with van der Waals surface area (Å²) >= 11 is 0. The van der Waals surface area contributed by atoms with E-state index in [9.17, 15) is 35.9 Å². The van der Waals surface area contributed by atoms with Gasteiger partial charge in [-0.25, -0.2) is 15.1 Å². The first kappa shape index (κ1) is 31.2. The van der Waals surface area contributed by atoms with Gasteiger partial charge in [-0.05, 0) is 18.4 Å². The van der Waals surface area contributed by atoms with Crippen LogP contribution in [0.4, 0.5) is 38.1 Å². The van der Waals surface area contributed by atoms with Crippen molar-refractivity contribution in [3.8, 4) is 0 Å². The van der Waals surface area contributed by atoms with E-state index in [1.165, 1.54) is 0 Å². The Bertz CT molecular complexity index is 1480. The molecule has 2 atom stereocenters. The van der Waals surface area contributed by atoms with Gasteiger partial charge in [-0.15, -0.1) is 0 Å². The van der Waals surface area contributed by atoms with E-state index < -0.39 is 29.0 Å². The Balaban J connectivity index is 1.21. The molecule has 10 nitrogen and oxygen atoms in total. The number of H-pyrrole nitrogens is 1. The van der Waals surface area contributed by atoms with Crippen LogP contribution in [0.5, 0.6) is 0 Å². The van der Waals surface area contributed by atoms with Gasteiger partial charge in [-0.1, -0.05) is 30.3 Å². The maximum Gasteiger partial charge on any atom is 0.421 e. The van der Waals surface area contributed by atoms with Crippen LogP contribution in [0.1, 0.15) is 36.0 Å². The Morgan fingerprint density at radius 2 is 1.66 bits per heavy atom. The molecule has 3 aromatic rings. The van der Waals surface area contributed by atoms with Crippen LogP contribution in [-0.4, -0.2) is 75.8 Å². The van der Waals surface area contributed by atoms with Crippen molar-refractivity contribution in [2.24, 2.45) is 0 Å². The van der Waals surface area contributed by atoms with Crippen molar-refractivity contribution >= 4 is 17.7 Å². The van der Waals surface area contributed by atoms with Gasteiger partial charge in [-0.2, -0.15) is 31.4 Å². The van der Waals surface area contributed by atoms with E-state index in [0.717, 1.165) is 24.0 Å². The zero-order chi connectivity index (χ0) is 31.5. The van der Waals surface area contributed by atoms with Gasteiger partial charge in [-0.3, -0.25) is 9.59 Å². The predicted molar refractivity (Wildman–Crippen MR) is 146 cm³/mol. The Labute approximate surface area is 247 Å². The molecule has 2 fully saturated rings. The number of anilines is 2. The van der Waals surface area contributed by atoms with Gasteiger partial charge in [0.2, 0.25) is 11.9 Å². The average Bonchev–Trinajstić information content (AvgIpc) is 3.42. The molecule has 44 heavy (non-hydrogen) atoms. The number of hydrogen-bond acceptors (Lipinski definition) is 8. The molecular formula is C28H29F6N7O3. The van der Waals surface area contributed by atoms with Crippen LogP contribution in [0, 0.1) is 0 Å². The highest BCUT2D eigenvalue weighted by Gasteiger charge is 2.39. The summed E-state index contributed by atoms with van der Waals surface area (Å²) in [6.07, 6.45) is -7.49. The van der Waals surface area contributed by atoms with Crippen LogP contribution < -0.4 is 15.4 Å². The summed E-state index contributed by atoms with van der Waals surface area (Å²) in [5.41, 5.74) is -2.72. The predicted octanol–water partition coefficient (Wildman–Crippen LogP) is 3.89. The second kappa shape index (κ2) is 12.8. The second-order valence-electron chi connectivity index (χ2n) is 10.6. The van der Waals surface area contributed by atoms with Crippen molar-refractivity contribution in [2.75, 3.05) is 42.5 Å². The minimum Gasteiger partial charge on any atom is -0.372 e. The second-order valence-corrected chi connectivity index (χ2v) is 10.6. The lowest BCUT2D eigenvalue weighted by Gasteiger charge is -2.35. The molecule has 2 aromatic heterocycles. The lowest BCUT2D eigenvalue weighted by Crippen LogP contribution is -2.49. The number of alkyl halides is 6. The van der Waals surface area contributed by atoms with Crippen LogP contribution in [0.3, 0.4) is 0 Å². The van der Waals surface area contributed by atoms with E-state index in [1.807, 2.05) is 35.4 Å². The van der Waals surface area contributed by atoms with E-state index in [2.05, 4.69) is 15.1 Å². The molecule has 0 radical (unpaired) electrons. The molecule has 2 aliphatic heterocycles. The molecule has 16 heteroatoms. The Hall–Kier alpha value is -4.21. The topological polar surface area (TPSA) is 108 Å². The highest BCUT2D eigenvalue weighted by atomic mass is 19.4. The number of halogens is 6. The molecule has 1 N–H and O–H groups in total. The number of piperazine rings is 1. The fourth-order valence-corrected chi connectivity index (χ4v) is 5.32. The molecule has 1 aromatic carbocycles. The van der Waals surface area contributed by atoms with Gasteiger partial charge in [0, 0.05) is 63.6 Å². The first-order valence-corrected chi connectivity index (χ1v) is 13.9. The van der Waals surface area contributed by atoms with Crippen LogP contribution >= 0.6 is 0 Å². The van der Waals surface area contributed by atoms with E-state index in [0.29, 0.717) is 45.6 Å². The van der Waals surface area contributed by atoms with Gasteiger partial charge < -0.3 is 19.4 Å². The minimum atomic E-state index is -4.87. The SMILES string of the molecule is O=C(CC[C@@H]1CC(OCc2ccccc2)CN1c1cc(C(F)(F)F)c(=O)[nH]n1)N1CCN(c2ncc(C(F)(F)F)cn2)CC1. The third kappa shape index (κ3) is 7.46. The van der Waals surface area contributed by atoms with E-state index in [1.54, 1.807) is 14.7 Å². The van der Waals surface area contributed by atoms with Crippen LogP contribution in [0.2, 0.25) is 0 Å². The standard InChI is InChI=1S/C28H29F6N7O3/c29-27(30,31)19-14-35-26(36-15-19)40-10-8-39(9-11-40)24(42)7-6-20-12-21(44-17-18-4-2-1-3-5-18)16-41(20)23-13-22(28(32,33)34)25(43)38-37-23/h1-5,13-15,20-21H,6-12,16-17H2,(H,38,43)/t20-,21?/m1/s1. The molecule has 5 rings (SSSR count). The Morgan fingerprint density at radius 3 is 2.30 bits per heavy atom. The number of hydrogen-bond donors (Lipinski definition) is 1. The monoisotopic (exact) mass is 625 g/mol. The molecule has 4 heterocycles. The lowest BCUT2D eigenvalue weighted by molar-refractivity contribution is -0.139. The number of carbonyl (C=O) groups is 1. The molecule has 0 aliphatic carbocycles. The molecule has 1 unspecified atom stereocenters. The Morgan fingerprint density at radius 1 is 0.977 bits per heavy atom. The van der Waals surface area contributed by atoms with Crippen molar-refractivity contribution in [1.82, 2.24) is 25.1 Å². The number of nitrogens with one attached hydrogen (secondary N) is 1. The summed E-state index contributed by atoms with van der Waals surface area (Å²) in [4.78, 5) is 37.5. The van der Waals surface area contributed by atoms with Gasteiger partial charge in [0.25, 0.3) is 5.56 Å². The third-order valence-electron chi connectivity index (χ3n) is 7.67. The first-order valence-electron chi connectivity index (χ1n) is 13.9. The molecular weight excluding hydrogens is 596 g/mol. The number of ether oxygens (including phenoxy) is 1. The van der Waals surface area contributed by atoms with Gasteiger partial charge in [0.1, 0.15) is 11.4 Å². The number of benzene rings is 1. The number of aromatic nitrogens is 4. The summed E-state index contributed by atoms with van der Waals surface area (Å²) < 4.78 is 84.9. The Kier molecular flexibility index (Phi) is 9.08. The van der Waals surface area contributed by atoms with E-state index in [4.69, 9.17) is 4.74 Å². The zero-order valence-electron chi connectivity index (χ0n) is 23.3. The maximum absolute atomic E-state index is 13.5. The molecule has 0 spiro atoms. The molecule has 2 saturated heterocycles. The van der Waals surface area contributed by atoms with Crippen molar-refractivity contribution in [3.63, 3.8) is 0 Å². The van der Waals surface area contributed by atoms with Crippen molar-refractivity contribution in [3.05, 3.63) is 75.8 Å². The van der Waals surface area contributed by atoms with Crippen LogP contribution in [0.25, 0.3) is 0 Å². The maximum atomic E-state index is 13.5. The van der Waals surface area contributed by atoms with Crippen molar-refractivity contribution in [2.45, 2.75) is 50.4 Å². The summed E-state index contributed by atoms with van der Waals surface area (Å²) in [6.45, 7) is 1.76. The van der Waals surface area contributed by atoms with Gasteiger partial charge >= 0.3 is 12.4 Å². The van der Waals surface area contributed by atoms with Crippen LogP contribution in [-0.2, 0) is 28.5 Å². The number of rotatable bonds is 8. The first-order chi connectivity index (χ1) is 20.9. The van der Waals surface area contributed by atoms with Crippen molar-refractivity contribution < 1.29 is 35.9 Å². The van der Waals surface area contributed by atoms with Gasteiger partial charge in [0.15, 0.2) is 0 Å². The number of nitrogens with zero attached hydrogens (tertiary/aromatic N) is 6. The van der Waals surface area contributed by atoms with Crippen molar-refractivity contribution in [1.29, 1.82) is 0 Å². The smallest absolute Gasteiger partial charge is 0.372 e. The summed E-state index contributed by atoms with van der Waals surface area (Å²) in [6, 6.07) is 9.73. The number of aromatic amines is 1. The van der Waals surface area contributed by atoms with E-state index in [-0.39, 0.29) is 42.8 Å². The van der Waals surface area contributed by atoms with Gasteiger partial charge in [0.05, 0.1) is 18.3 Å². The highest BCUT2D eigenvalue weighted by molar-refractivity contribution is 5.76. The summed E-state index contributed by atoms with van der Waals surface area (Å²) in [5, 5.41) is 5.80. The normalized spacial score (nSPS) is 19.5. The largest absolute Gasteiger partial charge is 0.421 e. The number of carbonyl (C=O) groups excluding carboxylic acids is 1. The fraction of sp³-hybridized carbons (Fsp3) is 0.464. The lowest BCUT2D eigenvalue weighted by atomic mass is 10.1. The molecule has 2 aliphatic rings. The van der Waals surface area contributed by atoms with Crippen LogP contribution in [0.15, 0.2) is 53.6 Å². The number of amides is 1. The quantitative estimate of drug-likeness (QED) is 0.376. The van der Waals surface area contributed by atoms with E-state index >= 15 is 0 Å². The molecule has 0 bridgehead atoms. The minimum absolute atomic E-state index is 0.0645. The summed E-state index contributed by atoms with van der Waals surface area (Å²) in [7, 11) is 0. The third-order valence-corrected chi connectivity index (χ3v) is 7.67. The molecule has 0 saturated carbocycles. The molecule has 1 amide bonds. The summed E-state index contributed by atoms with van der Waals surface area (Å²) in [5.74, 6) is -0.0952. The fourth-order valence-electron chi connectivity index (χ4n) is 5.32. The average molecular weight is 626 g/mol. The zero-order valence-corrected chi connectivity index (χ0v) is 23.3.